The number of hydrogen-bond donors (Lipinski definition) is 2. The van der Waals surface area contributed by atoms with Crippen LogP contribution < -0.4 is 5.32 Å². The second kappa shape index (κ2) is 5.05. The van der Waals surface area contributed by atoms with Crippen LogP contribution in [0, 0.1) is 6.92 Å². The van der Waals surface area contributed by atoms with Gasteiger partial charge in [0.2, 0.25) is 0 Å². The number of carbonyl (C=O) groups is 2. The molecule has 0 radical (unpaired) electrons. The maximum absolute atomic E-state index is 12.1. The third kappa shape index (κ3) is 2.52. The predicted molar refractivity (Wildman–Crippen MR) is 73.2 cm³/mol. The second-order valence-electron chi connectivity index (χ2n) is 5.11. The van der Waals surface area contributed by atoms with Crippen LogP contribution in [-0.4, -0.2) is 22.1 Å². The standard InChI is InChI=1S/C15H14N2O4/c1-8-6-13(17-21-8)14(18)16-12-5-4-9-2-3-10(15(19)20)7-11(9)12/h2-3,6-7,12H,4-5H2,1H3,(H,16,18)(H,19,20). The van der Waals surface area contributed by atoms with E-state index in [9.17, 15) is 9.59 Å². The number of carboxylic acids is 1. The summed E-state index contributed by atoms with van der Waals surface area (Å²) in [6.45, 7) is 1.72. The Hall–Kier alpha value is -2.63. The van der Waals surface area contributed by atoms with Gasteiger partial charge in [0, 0.05) is 6.07 Å². The molecule has 3 rings (SSSR count). The number of fused-ring (bicyclic) bond motifs is 1. The van der Waals surface area contributed by atoms with E-state index in [-0.39, 0.29) is 23.2 Å². The molecule has 2 aromatic rings. The highest BCUT2D eigenvalue weighted by Gasteiger charge is 2.26. The van der Waals surface area contributed by atoms with Crippen molar-refractivity contribution >= 4 is 11.9 Å². The van der Waals surface area contributed by atoms with E-state index >= 15 is 0 Å². The minimum atomic E-state index is -0.970. The van der Waals surface area contributed by atoms with Gasteiger partial charge in [0.15, 0.2) is 5.69 Å². The molecule has 0 fully saturated rings. The molecule has 2 N–H and O–H groups in total. The topological polar surface area (TPSA) is 92.4 Å². The lowest BCUT2D eigenvalue weighted by atomic mass is 10.0. The fraction of sp³-hybridized carbons (Fsp3) is 0.267. The number of rotatable bonds is 3. The maximum atomic E-state index is 12.1. The van der Waals surface area contributed by atoms with Crippen molar-refractivity contribution in [2.24, 2.45) is 0 Å². The van der Waals surface area contributed by atoms with Gasteiger partial charge in [0.1, 0.15) is 5.76 Å². The minimum absolute atomic E-state index is 0.191. The fourth-order valence-corrected chi connectivity index (χ4v) is 2.59. The molecule has 1 aliphatic carbocycles. The molecule has 1 unspecified atom stereocenters. The predicted octanol–water partition coefficient (Wildman–Crippen LogP) is 2.10. The smallest absolute Gasteiger partial charge is 0.335 e. The van der Waals surface area contributed by atoms with Gasteiger partial charge in [-0.25, -0.2) is 4.79 Å². The Morgan fingerprint density at radius 2 is 2.19 bits per heavy atom. The average molecular weight is 286 g/mol. The Labute approximate surface area is 120 Å². The van der Waals surface area contributed by atoms with Gasteiger partial charge in [-0.1, -0.05) is 11.2 Å². The highest BCUT2D eigenvalue weighted by Crippen LogP contribution is 2.32. The second-order valence-corrected chi connectivity index (χ2v) is 5.11. The molecule has 21 heavy (non-hydrogen) atoms. The van der Waals surface area contributed by atoms with Crippen LogP contribution in [0.1, 0.15) is 50.2 Å². The van der Waals surface area contributed by atoms with Gasteiger partial charge in [-0.05, 0) is 43.0 Å². The van der Waals surface area contributed by atoms with Crippen molar-refractivity contribution < 1.29 is 19.2 Å². The number of hydrogen-bond acceptors (Lipinski definition) is 4. The van der Waals surface area contributed by atoms with E-state index in [4.69, 9.17) is 9.63 Å². The number of nitrogens with one attached hydrogen (secondary N) is 1. The van der Waals surface area contributed by atoms with Crippen LogP contribution in [0.15, 0.2) is 28.8 Å². The summed E-state index contributed by atoms with van der Waals surface area (Å²) in [5.41, 5.74) is 2.40. The van der Waals surface area contributed by atoms with Crippen LogP contribution >= 0.6 is 0 Å². The lowest BCUT2D eigenvalue weighted by Crippen LogP contribution is -2.27. The van der Waals surface area contributed by atoms with Crippen LogP contribution in [0.5, 0.6) is 0 Å². The quantitative estimate of drug-likeness (QED) is 0.901. The zero-order valence-electron chi connectivity index (χ0n) is 11.4. The average Bonchev–Trinajstić information content (AvgIpc) is 3.05. The maximum Gasteiger partial charge on any atom is 0.335 e. The van der Waals surface area contributed by atoms with Crippen LogP contribution in [0.25, 0.3) is 0 Å². The molecule has 1 aromatic carbocycles. The molecule has 1 amide bonds. The van der Waals surface area contributed by atoms with Crippen LogP contribution in [-0.2, 0) is 6.42 Å². The zero-order chi connectivity index (χ0) is 15.0. The van der Waals surface area contributed by atoms with Crippen molar-refractivity contribution in [2.45, 2.75) is 25.8 Å². The van der Waals surface area contributed by atoms with E-state index in [2.05, 4.69) is 10.5 Å². The summed E-state index contributed by atoms with van der Waals surface area (Å²) in [4.78, 5) is 23.1. The van der Waals surface area contributed by atoms with E-state index in [1.807, 2.05) is 6.07 Å². The van der Waals surface area contributed by atoms with E-state index in [0.717, 1.165) is 24.0 Å². The number of aromatic carboxylic acids is 1. The molecule has 0 spiro atoms. The summed E-state index contributed by atoms with van der Waals surface area (Å²) >= 11 is 0. The Morgan fingerprint density at radius 3 is 2.86 bits per heavy atom. The number of carbonyl (C=O) groups excluding carboxylic acids is 1. The summed E-state index contributed by atoms with van der Waals surface area (Å²) in [7, 11) is 0. The normalized spacial score (nSPS) is 16.5. The molecule has 0 bridgehead atoms. The lowest BCUT2D eigenvalue weighted by Gasteiger charge is -2.13. The molecule has 6 heteroatoms. The SMILES string of the molecule is Cc1cc(C(=O)NC2CCc3ccc(C(=O)O)cc32)no1. The van der Waals surface area contributed by atoms with E-state index < -0.39 is 5.97 Å². The minimum Gasteiger partial charge on any atom is -0.478 e. The summed E-state index contributed by atoms with van der Waals surface area (Å²) in [6.07, 6.45) is 1.57. The number of nitrogens with zero attached hydrogens (tertiary/aromatic N) is 1. The van der Waals surface area contributed by atoms with E-state index in [1.165, 1.54) is 0 Å². The first-order chi connectivity index (χ1) is 10.0. The Kier molecular flexibility index (Phi) is 3.21. The monoisotopic (exact) mass is 286 g/mol. The lowest BCUT2D eigenvalue weighted by molar-refractivity contribution is 0.0696. The van der Waals surface area contributed by atoms with E-state index in [1.54, 1.807) is 25.1 Å². The molecule has 0 aliphatic heterocycles. The van der Waals surface area contributed by atoms with Crippen molar-refractivity contribution in [1.29, 1.82) is 0 Å². The van der Waals surface area contributed by atoms with Gasteiger partial charge in [-0.3, -0.25) is 4.79 Å². The first-order valence-corrected chi connectivity index (χ1v) is 6.65. The van der Waals surface area contributed by atoms with Crippen molar-refractivity contribution in [1.82, 2.24) is 10.5 Å². The Morgan fingerprint density at radius 1 is 1.38 bits per heavy atom. The number of amides is 1. The Balaban J connectivity index is 1.82. The molecule has 0 saturated heterocycles. The number of aryl methyl sites for hydroxylation is 2. The fourth-order valence-electron chi connectivity index (χ4n) is 2.59. The summed E-state index contributed by atoms with van der Waals surface area (Å²) in [6, 6.07) is 6.41. The van der Waals surface area contributed by atoms with Crippen LogP contribution in [0.2, 0.25) is 0 Å². The molecule has 0 saturated carbocycles. The van der Waals surface area contributed by atoms with Crippen LogP contribution in [0.3, 0.4) is 0 Å². The van der Waals surface area contributed by atoms with Gasteiger partial charge in [0.25, 0.3) is 5.91 Å². The summed E-state index contributed by atoms with van der Waals surface area (Å²) in [5, 5.41) is 15.6. The van der Waals surface area contributed by atoms with Crippen LogP contribution in [0.4, 0.5) is 0 Å². The van der Waals surface area contributed by atoms with Gasteiger partial charge < -0.3 is 14.9 Å². The third-order valence-corrected chi connectivity index (χ3v) is 3.64. The van der Waals surface area contributed by atoms with Crippen molar-refractivity contribution in [3.63, 3.8) is 0 Å². The molecule has 1 aromatic heterocycles. The number of benzene rings is 1. The number of aromatic nitrogens is 1. The Bertz CT molecular complexity index is 720. The van der Waals surface area contributed by atoms with Gasteiger partial charge in [-0.2, -0.15) is 0 Å². The highest BCUT2D eigenvalue weighted by molar-refractivity contribution is 5.92. The first-order valence-electron chi connectivity index (χ1n) is 6.65. The van der Waals surface area contributed by atoms with Gasteiger partial charge in [-0.15, -0.1) is 0 Å². The third-order valence-electron chi connectivity index (χ3n) is 3.64. The molecule has 108 valence electrons. The van der Waals surface area contributed by atoms with Crippen molar-refractivity contribution in [3.8, 4) is 0 Å². The first kappa shape index (κ1) is 13.4. The molecule has 6 nitrogen and oxygen atoms in total. The largest absolute Gasteiger partial charge is 0.478 e. The van der Waals surface area contributed by atoms with Crippen molar-refractivity contribution in [3.05, 3.63) is 52.4 Å². The van der Waals surface area contributed by atoms with E-state index in [0.29, 0.717) is 5.76 Å². The summed E-state index contributed by atoms with van der Waals surface area (Å²) < 4.78 is 4.88. The highest BCUT2D eigenvalue weighted by atomic mass is 16.5. The summed E-state index contributed by atoms with van der Waals surface area (Å²) in [5.74, 6) is -0.715. The number of carboxylic acid groups (broad SMARTS) is 1. The molecule has 1 aliphatic rings. The molecular formula is C15H14N2O4. The zero-order valence-corrected chi connectivity index (χ0v) is 11.4. The molecule has 1 atom stereocenters. The molecule has 1 heterocycles. The van der Waals surface area contributed by atoms with Gasteiger partial charge >= 0.3 is 5.97 Å². The van der Waals surface area contributed by atoms with Gasteiger partial charge in [0.05, 0.1) is 11.6 Å². The van der Waals surface area contributed by atoms with Crippen molar-refractivity contribution in [2.75, 3.05) is 0 Å². The molecular weight excluding hydrogens is 272 g/mol.